The van der Waals surface area contributed by atoms with Crippen molar-refractivity contribution in [1.29, 1.82) is 0 Å². The summed E-state index contributed by atoms with van der Waals surface area (Å²) in [6.07, 6.45) is 1.77. The van der Waals surface area contributed by atoms with Gasteiger partial charge in [0.1, 0.15) is 0 Å². The molecule has 2 amide bonds. The monoisotopic (exact) mass is 370 g/mol. The van der Waals surface area contributed by atoms with Crippen LogP contribution in [0.4, 0.5) is 0 Å². The van der Waals surface area contributed by atoms with Crippen molar-refractivity contribution in [2.24, 2.45) is 0 Å². The molecule has 0 saturated carbocycles. The van der Waals surface area contributed by atoms with Crippen LogP contribution in [0.2, 0.25) is 0 Å². The number of imide groups is 1. The van der Waals surface area contributed by atoms with Gasteiger partial charge in [0.2, 0.25) is 10.0 Å². The molecule has 1 fully saturated rings. The Morgan fingerprint density at radius 1 is 0.808 bits per heavy atom. The number of benzene rings is 2. The third-order valence-electron chi connectivity index (χ3n) is 4.85. The van der Waals surface area contributed by atoms with Crippen LogP contribution in [0.1, 0.15) is 39.1 Å². The minimum absolute atomic E-state index is 0.121. The van der Waals surface area contributed by atoms with E-state index < -0.39 is 10.0 Å². The molecule has 0 aliphatic carbocycles. The van der Waals surface area contributed by atoms with Crippen molar-refractivity contribution in [3.05, 3.63) is 65.2 Å². The molecule has 0 radical (unpaired) electrons. The van der Waals surface area contributed by atoms with Gasteiger partial charge in [-0.15, -0.1) is 0 Å². The molecular formula is C19H18N2O4S. The van der Waals surface area contributed by atoms with Gasteiger partial charge in [0, 0.05) is 13.1 Å². The SMILES string of the molecule is O=C1c2ccccc2C(=O)N1Cc1ccc(S(=O)(=O)N2CCCC2)cc1. The fourth-order valence-corrected chi connectivity index (χ4v) is 4.93. The summed E-state index contributed by atoms with van der Waals surface area (Å²) < 4.78 is 26.6. The molecule has 6 nitrogen and oxygen atoms in total. The average Bonchev–Trinajstić information content (AvgIpc) is 3.27. The molecule has 2 aromatic rings. The van der Waals surface area contributed by atoms with Crippen molar-refractivity contribution in [1.82, 2.24) is 9.21 Å². The number of rotatable bonds is 4. The molecule has 0 N–H and O–H groups in total. The molecule has 0 bridgehead atoms. The Bertz CT molecular complexity index is 942. The summed E-state index contributed by atoms with van der Waals surface area (Å²) in [5.41, 5.74) is 1.52. The molecule has 4 rings (SSSR count). The van der Waals surface area contributed by atoms with Gasteiger partial charge in [-0.1, -0.05) is 24.3 Å². The Hall–Kier alpha value is -2.51. The van der Waals surface area contributed by atoms with Gasteiger partial charge in [-0.25, -0.2) is 8.42 Å². The van der Waals surface area contributed by atoms with Gasteiger partial charge in [0.25, 0.3) is 11.8 Å². The summed E-state index contributed by atoms with van der Waals surface area (Å²) in [6.45, 7) is 1.23. The van der Waals surface area contributed by atoms with Crippen molar-refractivity contribution < 1.29 is 18.0 Å². The number of hydrogen-bond donors (Lipinski definition) is 0. The van der Waals surface area contributed by atoms with Crippen LogP contribution < -0.4 is 0 Å². The minimum atomic E-state index is -3.46. The second-order valence-electron chi connectivity index (χ2n) is 6.50. The van der Waals surface area contributed by atoms with E-state index >= 15 is 0 Å². The Labute approximate surface area is 152 Å². The summed E-state index contributed by atoms with van der Waals surface area (Å²) >= 11 is 0. The first-order valence-electron chi connectivity index (χ1n) is 8.53. The molecule has 134 valence electrons. The normalized spacial score (nSPS) is 17.8. The van der Waals surface area contributed by atoms with Crippen LogP contribution in [-0.2, 0) is 16.6 Å². The molecule has 0 spiro atoms. The standard InChI is InChI=1S/C19H18N2O4S/c22-18-16-5-1-2-6-17(16)19(23)21(18)13-14-7-9-15(10-8-14)26(24,25)20-11-3-4-12-20/h1-2,5-10H,3-4,11-13H2. The average molecular weight is 370 g/mol. The van der Waals surface area contributed by atoms with Crippen molar-refractivity contribution >= 4 is 21.8 Å². The van der Waals surface area contributed by atoms with Gasteiger partial charge in [0.15, 0.2) is 0 Å². The smallest absolute Gasteiger partial charge is 0.261 e. The summed E-state index contributed by atoms with van der Waals surface area (Å²) in [6, 6.07) is 13.1. The molecule has 0 unspecified atom stereocenters. The molecule has 1 saturated heterocycles. The number of fused-ring (bicyclic) bond motifs is 1. The number of carbonyl (C=O) groups excluding carboxylic acids is 2. The molecule has 0 aromatic heterocycles. The van der Waals surface area contributed by atoms with Crippen molar-refractivity contribution in [2.75, 3.05) is 13.1 Å². The molecule has 7 heteroatoms. The predicted octanol–water partition coefficient (Wildman–Crippen LogP) is 2.27. The van der Waals surface area contributed by atoms with Gasteiger partial charge < -0.3 is 0 Å². The molecule has 0 atom stereocenters. The van der Waals surface area contributed by atoms with Crippen molar-refractivity contribution in [3.8, 4) is 0 Å². The summed E-state index contributed by atoms with van der Waals surface area (Å²) in [5, 5.41) is 0. The van der Waals surface area contributed by atoms with Gasteiger partial charge in [0.05, 0.1) is 22.6 Å². The van der Waals surface area contributed by atoms with Gasteiger partial charge in [-0.2, -0.15) is 4.31 Å². The molecule has 2 heterocycles. The highest BCUT2D eigenvalue weighted by Crippen LogP contribution is 2.25. The van der Waals surface area contributed by atoms with E-state index in [0.717, 1.165) is 12.8 Å². The third-order valence-corrected chi connectivity index (χ3v) is 6.76. The van der Waals surface area contributed by atoms with Crippen LogP contribution in [-0.4, -0.2) is 42.5 Å². The predicted molar refractivity (Wildman–Crippen MR) is 95.1 cm³/mol. The maximum atomic E-state index is 12.6. The highest BCUT2D eigenvalue weighted by Gasteiger charge is 2.35. The number of carbonyl (C=O) groups is 2. The molecule has 2 aliphatic heterocycles. The van der Waals surface area contributed by atoms with Crippen molar-refractivity contribution in [3.63, 3.8) is 0 Å². The van der Waals surface area contributed by atoms with Crippen LogP contribution in [0.5, 0.6) is 0 Å². The first kappa shape index (κ1) is 16.9. The third kappa shape index (κ3) is 2.73. The summed E-state index contributed by atoms with van der Waals surface area (Å²) in [5.74, 6) is -0.640. The maximum Gasteiger partial charge on any atom is 0.261 e. The van der Waals surface area contributed by atoms with Crippen molar-refractivity contribution in [2.45, 2.75) is 24.3 Å². The molecular weight excluding hydrogens is 352 g/mol. The minimum Gasteiger partial charge on any atom is -0.270 e. The number of amides is 2. The quantitative estimate of drug-likeness (QED) is 0.774. The van der Waals surface area contributed by atoms with E-state index in [1.807, 2.05) is 0 Å². The summed E-state index contributed by atoms with van der Waals surface area (Å²) in [7, 11) is -3.46. The lowest BCUT2D eigenvalue weighted by atomic mass is 10.1. The molecule has 2 aliphatic rings. The van der Waals surface area contributed by atoms with E-state index in [0.29, 0.717) is 29.8 Å². The van der Waals surface area contributed by atoms with E-state index in [4.69, 9.17) is 0 Å². The Kier molecular flexibility index (Phi) is 4.13. The van der Waals surface area contributed by atoms with Crippen LogP contribution >= 0.6 is 0 Å². The lowest BCUT2D eigenvalue weighted by Gasteiger charge is -2.17. The van der Waals surface area contributed by atoms with Gasteiger partial charge in [-0.05, 0) is 42.7 Å². The summed E-state index contributed by atoms with van der Waals surface area (Å²) in [4.78, 5) is 26.3. The zero-order chi connectivity index (χ0) is 18.3. The largest absolute Gasteiger partial charge is 0.270 e. The fraction of sp³-hybridized carbons (Fsp3) is 0.263. The Balaban J connectivity index is 1.54. The highest BCUT2D eigenvalue weighted by molar-refractivity contribution is 7.89. The lowest BCUT2D eigenvalue weighted by Crippen LogP contribution is -2.29. The zero-order valence-corrected chi connectivity index (χ0v) is 14.9. The van der Waals surface area contributed by atoms with E-state index in [1.54, 1.807) is 48.5 Å². The van der Waals surface area contributed by atoms with E-state index in [-0.39, 0.29) is 23.3 Å². The zero-order valence-electron chi connectivity index (χ0n) is 14.1. The van der Waals surface area contributed by atoms with E-state index in [9.17, 15) is 18.0 Å². The Morgan fingerprint density at radius 2 is 1.35 bits per heavy atom. The molecule has 2 aromatic carbocycles. The lowest BCUT2D eigenvalue weighted by molar-refractivity contribution is 0.0642. The Morgan fingerprint density at radius 3 is 1.88 bits per heavy atom. The molecule has 26 heavy (non-hydrogen) atoms. The topological polar surface area (TPSA) is 74.8 Å². The first-order valence-corrected chi connectivity index (χ1v) is 9.97. The van der Waals surface area contributed by atoms with E-state index in [2.05, 4.69) is 0 Å². The maximum absolute atomic E-state index is 12.6. The van der Waals surface area contributed by atoms with Crippen LogP contribution in [0.3, 0.4) is 0 Å². The number of nitrogens with zero attached hydrogens (tertiary/aromatic N) is 2. The van der Waals surface area contributed by atoms with E-state index in [1.165, 1.54) is 9.21 Å². The number of sulfonamides is 1. The highest BCUT2D eigenvalue weighted by atomic mass is 32.2. The van der Waals surface area contributed by atoms with Gasteiger partial charge in [-0.3, -0.25) is 14.5 Å². The second kappa shape index (κ2) is 6.34. The van der Waals surface area contributed by atoms with Crippen LogP contribution in [0.25, 0.3) is 0 Å². The van der Waals surface area contributed by atoms with Crippen LogP contribution in [0, 0.1) is 0 Å². The van der Waals surface area contributed by atoms with Gasteiger partial charge >= 0.3 is 0 Å². The van der Waals surface area contributed by atoms with Crippen LogP contribution in [0.15, 0.2) is 53.4 Å². The fourth-order valence-electron chi connectivity index (χ4n) is 3.41. The first-order chi connectivity index (χ1) is 12.5. The second-order valence-corrected chi connectivity index (χ2v) is 8.44. The number of hydrogen-bond acceptors (Lipinski definition) is 4.